The molecule has 0 atom stereocenters. The van der Waals surface area contributed by atoms with E-state index in [2.05, 4.69) is 35.7 Å². The fourth-order valence-electron chi connectivity index (χ4n) is 2.65. The maximum absolute atomic E-state index is 5.97. The molecule has 0 aromatic heterocycles. The van der Waals surface area contributed by atoms with Crippen LogP contribution in [0.15, 0.2) is 77.9 Å². The van der Waals surface area contributed by atoms with Gasteiger partial charge in [-0.1, -0.05) is 48.0 Å². The fourth-order valence-corrected chi connectivity index (χ4v) is 2.65. The summed E-state index contributed by atoms with van der Waals surface area (Å²) >= 11 is 0. The van der Waals surface area contributed by atoms with Crippen LogP contribution in [0.4, 0.5) is 5.69 Å². The van der Waals surface area contributed by atoms with Crippen LogP contribution in [0.2, 0.25) is 0 Å². The molecule has 0 bridgehead atoms. The number of ether oxygens (including phenoxy) is 2. The lowest BCUT2D eigenvalue weighted by atomic mass is 10.1. The Morgan fingerprint density at radius 1 is 0.889 bits per heavy atom. The molecule has 0 amide bonds. The standard InChI is InChI=1S/C23H24N2O2/c1-3-26-23-15-19(16-24-25-21-10-5-4-6-11-21)12-13-22(23)27-17-20-9-7-8-18(2)14-20/h4-16,25H,3,17H2,1-2H3/b24-16+. The van der Waals surface area contributed by atoms with Crippen LogP contribution < -0.4 is 14.9 Å². The summed E-state index contributed by atoms with van der Waals surface area (Å²) < 4.78 is 11.7. The second kappa shape index (κ2) is 9.43. The van der Waals surface area contributed by atoms with Gasteiger partial charge in [0, 0.05) is 0 Å². The van der Waals surface area contributed by atoms with Gasteiger partial charge in [0.05, 0.1) is 18.5 Å². The van der Waals surface area contributed by atoms with Crippen LogP contribution in [0, 0.1) is 6.92 Å². The lowest BCUT2D eigenvalue weighted by molar-refractivity contribution is 0.269. The smallest absolute Gasteiger partial charge is 0.161 e. The summed E-state index contributed by atoms with van der Waals surface area (Å²) in [4.78, 5) is 0. The van der Waals surface area contributed by atoms with Gasteiger partial charge < -0.3 is 9.47 Å². The fraction of sp³-hybridized carbons (Fsp3) is 0.174. The molecule has 0 aliphatic rings. The van der Waals surface area contributed by atoms with E-state index >= 15 is 0 Å². The Bertz CT molecular complexity index is 892. The second-order valence-electron chi connectivity index (χ2n) is 6.15. The number of hydrazone groups is 1. The summed E-state index contributed by atoms with van der Waals surface area (Å²) in [6, 6.07) is 23.9. The zero-order valence-electron chi connectivity index (χ0n) is 15.7. The van der Waals surface area contributed by atoms with Crippen molar-refractivity contribution in [3.63, 3.8) is 0 Å². The molecular formula is C23H24N2O2. The molecule has 0 aliphatic carbocycles. The van der Waals surface area contributed by atoms with E-state index in [0.29, 0.717) is 19.0 Å². The first-order chi connectivity index (χ1) is 13.2. The molecule has 4 heteroatoms. The first kappa shape index (κ1) is 18.5. The average molecular weight is 360 g/mol. The molecule has 1 N–H and O–H groups in total. The SMILES string of the molecule is CCOc1cc(/C=N/Nc2ccccc2)ccc1OCc1cccc(C)c1. The monoisotopic (exact) mass is 360 g/mol. The molecule has 0 radical (unpaired) electrons. The molecule has 0 spiro atoms. The Kier molecular flexibility index (Phi) is 6.47. The first-order valence-electron chi connectivity index (χ1n) is 9.04. The van der Waals surface area contributed by atoms with Crippen molar-refractivity contribution >= 4 is 11.9 Å². The van der Waals surface area contributed by atoms with Crippen LogP contribution >= 0.6 is 0 Å². The normalized spacial score (nSPS) is 10.7. The third-order valence-corrected chi connectivity index (χ3v) is 3.93. The third-order valence-electron chi connectivity index (χ3n) is 3.93. The molecule has 4 nitrogen and oxygen atoms in total. The third kappa shape index (κ3) is 5.61. The maximum atomic E-state index is 5.97. The van der Waals surface area contributed by atoms with Gasteiger partial charge >= 0.3 is 0 Å². The zero-order chi connectivity index (χ0) is 18.9. The highest BCUT2D eigenvalue weighted by atomic mass is 16.5. The number of rotatable bonds is 8. The van der Waals surface area contributed by atoms with Crippen molar-refractivity contribution in [3.8, 4) is 11.5 Å². The van der Waals surface area contributed by atoms with Crippen LogP contribution in [-0.4, -0.2) is 12.8 Å². The van der Waals surface area contributed by atoms with Crippen molar-refractivity contribution in [2.45, 2.75) is 20.5 Å². The van der Waals surface area contributed by atoms with Crippen molar-refractivity contribution in [2.24, 2.45) is 5.10 Å². The summed E-state index contributed by atoms with van der Waals surface area (Å²) in [5, 5.41) is 4.27. The number of benzene rings is 3. The van der Waals surface area contributed by atoms with Gasteiger partial charge in [-0.2, -0.15) is 5.10 Å². The number of hydrogen-bond acceptors (Lipinski definition) is 4. The molecule has 0 aliphatic heterocycles. The summed E-state index contributed by atoms with van der Waals surface area (Å²) in [7, 11) is 0. The molecule has 0 fully saturated rings. The van der Waals surface area contributed by atoms with Gasteiger partial charge in [-0.25, -0.2) is 0 Å². The lowest BCUT2D eigenvalue weighted by Crippen LogP contribution is -2.01. The number of para-hydroxylation sites is 1. The summed E-state index contributed by atoms with van der Waals surface area (Å²) in [5.74, 6) is 1.44. The van der Waals surface area contributed by atoms with E-state index in [-0.39, 0.29) is 0 Å². The van der Waals surface area contributed by atoms with Gasteiger partial charge in [0.25, 0.3) is 0 Å². The topological polar surface area (TPSA) is 42.8 Å². The van der Waals surface area contributed by atoms with E-state index in [1.54, 1.807) is 6.21 Å². The van der Waals surface area contributed by atoms with Gasteiger partial charge in [0.2, 0.25) is 0 Å². The maximum Gasteiger partial charge on any atom is 0.161 e. The Hall–Kier alpha value is -3.27. The van der Waals surface area contributed by atoms with Crippen LogP contribution in [0.25, 0.3) is 0 Å². The Morgan fingerprint density at radius 2 is 1.74 bits per heavy atom. The van der Waals surface area contributed by atoms with Crippen molar-refractivity contribution in [3.05, 3.63) is 89.5 Å². The van der Waals surface area contributed by atoms with E-state index in [9.17, 15) is 0 Å². The number of nitrogens with one attached hydrogen (secondary N) is 1. The zero-order valence-corrected chi connectivity index (χ0v) is 15.7. The van der Waals surface area contributed by atoms with Gasteiger partial charge in [-0.3, -0.25) is 5.43 Å². The first-order valence-corrected chi connectivity index (χ1v) is 9.04. The Balaban J connectivity index is 1.68. The average Bonchev–Trinajstić information content (AvgIpc) is 2.68. The van der Waals surface area contributed by atoms with Gasteiger partial charge in [-0.15, -0.1) is 0 Å². The van der Waals surface area contributed by atoms with Crippen LogP contribution in [0.5, 0.6) is 11.5 Å². The van der Waals surface area contributed by atoms with E-state index in [4.69, 9.17) is 9.47 Å². The highest BCUT2D eigenvalue weighted by Gasteiger charge is 2.06. The van der Waals surface area contributed by atoms with Crippen LogP contribution in [0.1, 0.15) is 23.6 Å². The van der Waals surface area contributed by atoms with Crippen molar-refractivity contribution in [2.75, 3.05) is 12.0 Å². The molecule has 3 aromatic carbocycles. The second-order valence-corrected chi connectivity index (χ2v) is 6.15. The molecule has 3 rings (SSSR count). The highest BCUT2D eigenvalue weighted by Crippen LogP contribution is 2.29. The summed E-state index contributed by atoms with van der Waals surface area (Å²) in [5.41, 5.74) is 7.24. The van der Waals surface area contributed by atoms with Crippen LogP contribution in [0.3, 0.4) is 0 Å². The minimum absolute atomic E-state index is 0.505. The van der Waals surface area contributed by atoms with E-state index in [1.807, 2.05) is 61.5 Å². The number of nitrogens with zero attached hydrogens (tertiary/aromatic N) is 1. The predicted octanol–water partition coefficient (Wildman–Crippen LogP) is 5.42. The molecule has 3 aromatic rings. The summed E-state index contributed by atoms with van der Waals surface area (Å²) in [6.07, 6.45) is 1.76. The largest absolute Gasteiger partial charge is 0.490 e. The molecule has 138 valence electrons. The molecule has 0 saturated heterocycles. The quantitative estimate of drug-likeness (QED) is 0.431. The van der Waals surface area contributed by atoms with Gasteiger partial charge in [0.15, 0.2) is 11.5 Å². The van der Waals surface area contributed by atoms with E-state index < -0.39 is 0 Å². The molecule has 0 saturated carbocycles. The van der Waals surface area contributed by atoms with Crippen molar-refractivity contribution < 1.29 is 9.47 Å². The minimum Gasteiger partial charge on any atom is -0.490 e. The predicted molar refractivity (Wildman–Crippen MR) is 111 cm³/mol. The van der Waals surface area contributed by atoms with Crippen LogP contribution in [-0.2, 0) is 6.61 Å². The Labute approximate surface area is 160 Å². The van der Waals surface area contributed by atoms with Gasteiger partial charge in [0.1, 0.15) is 6.61 Å². The lowest BCUT2D eigenvalue weighted by Gasteiger charge is -2.13. The van der Waals surface area contributed by atoms with Crippen molar-refractivity contribution in [1.82, 2.24) is 0 Å². The molecule has 0 unspecified atom stereocenters. The summed E-state index contributed by atoms with van der Waals surface area (Å²) in [6.45, 7) is 5.11. The number of hydrogen-bond donors (Lipinski definition) is 1. The molecular weight excluding hydrogens is 336 g/mol. The molecule has 27 heavy (non-hydrogen) atoms. The number of aryl methyl sites for hydroxylation is 1. The Morgan fingerprint density at radius 3 is 2.52 bits per heavy atom. The molecule has 0 heterocycles. The minimum atomic E-state index is 0.505. The van der Waals surface area contributed by atoms with Crippen molar-refractivity contribution in [1.29, 1.82) is 0 Å². The highest BCUT2D eigenvalue weighted by molar-refractivity contribution is 5.81. The van der Waals surface area contributed by atoms with Gasteiger partial charge in [-0.05, 0) is 55.3 Å². The number of anilines is 1. The van der Waals surface area contributed by atoms with E-state index in [1.165, 1.54) is 5.56 Å². The van der Waals surface area contributed by atoms with E-state index in [0.717, 1.165) is 22.6 Å².